The molecule has 21 heteroatoms. The molecule has 0 spiro atoms. The highest BCUT2D eigenvalue weighted by Gasteiger charge is 2.56. The first-order chi connectivity index (χ1) is 24.1. The number of fused-ring (bicyclic) bond motifs is 2. The summed E-state index contributed by atoms with van der Waals surface area (Å²) in [6.07, 6.45) is 0.195. The third-order valence-electron chi connectivity index (χ3n) is 9.53. The number of aliphatic hydroxyl groups excluding tert-OH is 4. The summed E-state index contributed by atoms with van der Waals surface area (Å²) in [6.45, 7) is 1.40. The Morgan fingerprint density at radius 1 is 0.849 bits per heavy atom. The molecule has 0 bridgehead atoms. The Kier molecular flexibility index (Phi) is 12.7. The molecular formula is C32H51ClF2N12O6. The van der Waals surface area contributed by atoms with Crippen molar-refractivity contribution in [2.45, 2.75) is 115 Å². The lowest BCUT2D eigenvalue weighted by Gasteiger charge is -2.25. The molecule has 4 fully saturated rings. The number of nitrogen functional groups attached to an aromatic ring is 2. The van der Waals surface area contributed by atoms with E-state index >= 15 is 4.39 Å². The molecule has 2 aliphatic heterocycles. The molecule has 4 aliphatic rings. The van der Waals surface area contributed by atoms with Crippen molar-refractivity contribution < 1.29 is 38.7 Å². The van der Waals surface area contributed by atoms with Gasteiger partial charge in [0.05, 0.1) is 25.9 Å². The van der Waals surface area contributed by atoms with E-state index in [2.05, 4.69) is 35.2 Å². The lowest BCUT2D eigenvalue weighted by atomic mass is 9.98. The number of hydrogen-bond donors (Lipinski definition) is 7. The average Bonchev–Trinajstić information content (AvgIpc) is 4.00. The Labute approximate surface area is 310 Å². The van der Waals surface area contributed by atoms with E-state index in [4.69, 9.17) is 37.6 Å². The second kappa shape index (κ2) is 16.0. The number of rotatable bonds is 7. The smallest absolute Gasteiger partial charge is 0.224 e. The molecule has 9 N–H and O–H groups in total. The van der Waals surface area contributed by atoms with Gasteiger partial charge in [-0.1, -0.05) is 26.5 Å². The molecule has 8 atom stereocenters. The number of anilines is 3. The topological polar surface area (TPSA) is 254 Å². The van der Waals surface area contributed by atoms with Gasteiger partial charge in [0.25, 0.3) is 0 Å². The van der Waals surface area contributed by atoms with E-state index < -0.39 is 61.4 Å². The summed E-state index contributed by atoms with van der Waals surface area (Å²) in [6, 6.07) is 1.27. The molecule has 18 nitrogen and oxygen atoms in total. The minimum Gasteiger partial charge on any atom is -0.394 e. The number of ether oxygens (including phenoxy) is 2. The fourth-order valence-electron chi connectivity index (χ4n) is 6.14. The first-order valence-corrected chi connectivity index (χ1v) is 16.8. The van der Waals surface area contributed by atoms with Crippen LogP contribution in [0.2, 0.25) is 5.15 Å². The Morgan fingerprint density at radius 3 is 1.70 bits per heavy atom. The summed E-state index contributed by atoms with van der Waals surface area (Å²) in [4.78, 5) is 26.5. The van der Waals surface area contributed by atoms with E-state index in [1.807, 2.05) is 19.0 Å². The summed E-state index contributed by atoms with van der Waals surface area (Å²) in [5.41, 5.74) is 8.35. The van der Waals surface area contributed by atoms with E-state index in [-0.39, 0.29) is 43.1 Å². The summed E-state index contributed by atoms with van der Waals surface area (Å²) in [7, 11) is 3.92. The highest BCUT2D eigenvalue weighted by Crippen LogP contribution is 2.44. The Bertz CT molecular complexity index is 1860. The van der Waals surface area contributed by atoms with Crippen LogP contribution >= 0.6 is 11.6 Å². The summed E-state index contributed by atoms with van der Waals surface area (Å²) >= 11 is 5.91. The SMILES string of the molecule is C.C.CN(c1nc(N)nc2c1ncn2[C@@H]1O[C@H](CO)[C@@H](O)[C@@]1(C)F)C1CC1.CNC1CC1.C[C@@]1(F)[C@H](O)[C@@H](CO)O[C@H]1n1cnc2c(Cl)nc(N)nc21. The van der Waals surface area contributed by atoms with Crippen LogP contribution in [0.15, 0.2) is 12.7 Å². The zero-order chi connectivity index (χ0) is 37.0. The summed E-state index contributed by atoms with van der Waals surface area (Å²) in [5, 5.41) is 41.6. The number of nitrogens with one attached hydrogen (secondary N) is 1. The van der Waals surface area contributed by atoms with Crippen LogP contribution in [0.1, 0.15) is 66.8 Å². The van der Waals surface area contributed by atoms with Crippen LogP contribution in [0.4, 0.5) is 26.5 Å². The Morgan fingerprint density at radius 2 is 1.30 bits per heavy atom. The first-order valence-electron chi connectivity index (χ1n) is 16.5. The predicted molar refractivity (Wildman–Crippen MR) is 194 cm³/mol. The van der Waals surface area contributed by atoms with E-state index in [1.165, 1.54) is 48.5 Å². The van der Waals surface area contributed by atoms with Gasteiger partial charge in [0.2, 0.25) is 11.9 Å². The van der Waals surface area contributed by atoms with Crippen molar-refractivity contribution in [2.75, 3.05) is 43.7 Å². The number of aliphatic hydroxyl groups is 4. The Hall–Kier alpha value is -3.63. The zero-order valence-electron chi connectivity index (χ0n) is 28.4. The minimum absolute atomic E-state index is 0. The number of nitrogens with two attached hydrogens (primary N) is 2. The molecule has 4 aromatic heterocycles. The molecule has 0 radical (unpaired) electrons. The second-order valence-electron chi connectivity index (χ2n) is 13.4. The number of aromatic nitrogens is 8. The number of halogens is 3. The van der Waals surface area contributed by atoms with Gasteiger partial charge in [0.15, 0.2) is 51.6 Å². The van der Waals surface area contributed by atoms with Crippen molar-refractivity contribution in [3.63, 3.8) is 0 Å². The van der Waals surface area contributed by atoms with E-state index in [9.17, 15) is 19.7 Å². The monoisotopic (exact) mass is 772 g/mol. The number of nitrogens with zero attached hydrogens (tertiary/aromatic N) is 9. The van der Waals surface area contributed by atoms with Crippen LogP contribution < -0.4 is 21.7 Å². The van der Waals surface area contributed by atoms with Crippen molar-refractivity contribution in [3.05, 3.63) is 17.8 Å². The molecule has 296 valence electrons. The largest absolute Gasteiger partial charge is 0.394 e. The Balaban J connectivity index is 0.000000204. The van der Waals surface area contributed by atoms with Crippen molar-refractivity contribution in [1.29, 1.82) is 0 Å². The predicted octanol–water partition coefficient (Wildman–Crippen LogP) is 1.67. The van der Waals surface area contributed by atoms with Gasteiger partial charge in [-0.3, -0.25) is 9.13 Å². The summed E-state index contributed by atoms with van der Waals surface area (Å²) < 4.78 is 43.4. The van der Waals surface area contributed by atoms with Crippen molar-refractivity contribution in [1.82, 2.24) is 44.4 Å². The molecule has 2 saturated heterocycles. The third-order valence-corrected chi connectivity index (χ3v) is 9.79. The van der Waals surface area contributed by atoms with E-state index in [1.54, 1.807) is 0 Å². The van der Waals surface area contributed by atoms with Crippen LogP contribution in [0.25, 0.3) is 22.3 Å². The van der Waals surface area contributed by atoms with Gasteiger partial charge in [-0.15, -0.1) is 0 Å². The van der Waals surface area contributed by atoms with E-state index in [0.29, 0.717) is 23.0 Å². The van der Waals surface area contributed by atoms with Crippen LogP contribution in [-0.4, -0.2) is 135 Å². The molecule has 2 aliphatic carbocycles. The van der Waals surface area contributed by atoms with Crippen molar-refractivity contribution >= 4 is 51.6 Å². The van der Waals surface area contributed by atoms with Gasteiger partial charge >= 0.3 is 0 Å². The fourth-order valence-corrected chi connectivity index (χ4v) is 6.36. The molecule has 4 aromatic rings. The number of imidazole rings is 2. The summed E-state index contributed by atoms with van der Waals surface area (Å²) in [5.74, 6) is 0.545. The van der Waals surface area contributed by atoms with E-state index in [0.717, 1.165) is 18.9 Å². The third kappa shape index (κ3) is 7.95. The molecule has 53 heavy (non-hydrogen) atoms. The lowest BCUT2D eigenvalue weighted by molar-refractivity contribution is -0.0566. The van der Waals surface area contributed by atoms with Crippen molar-refractivity contribution in [2.24, 2.45) is 0 Å². The van der Waals surface area contributed by atoms with Crippen LogP contribution in [0.5, 0.6) is 0 Å². The fraction of sp³-hybridized carbons (Fsp3) is 0.688. The highest BCUT2D eigenvalue weighted by molar-refractivity contribution is 6.33. The normalized spacial score (nSPS) is 30.5. The van der Waals surface area contributed by atoms with Gasteiger partial charge in [0.1, 0.15) is 29.9 Å². The minimum atomic E-state index is -2.15. The maximum Gasteiger partial charge on any atom is 0.224 e. The molecule has 2 saturated carbocycles. The molecular weight excluding hydrogens is 722 g/mol. The van der Waals surface area contributed by atoms with Crippen LogP contribution in [-0.2, 0) is 9.47 Å². The lowest BCUT2D eigenvalue weighted by Crippen LogP contribution is -2.40. The maximum atomic E-state index is 15.1. The number of hydrogen-bond acceptors (Lipinski definition) is 16. The highest BCUT2D eigenvalue weighted by atomic mass is 35.5. The molecule has 0 aromatic carbocycles. The quantitative estimate of drug-likeness (QED) is 0.132. The number of alkyl halides is 2. The zero-order valence-corrected chi connectivity index (χ0v) is 29.2. The van der Waals surface area contributed by atoms with Gasteiger partial charge in [-0.05, 0) is 46.6 Å². The van der Waals surface area contributed by atoms with Gasteiger partial charge in [-0.25, -0.2) is 18.7 Å². The molecule has 0 amide bonds. The second-order valence-corrected chi connectivity index (χ2v) is 13.8. The van der Waals surface area contributed by atoms with Crippen molar-refractivity contribution in [3.8, 4) is 0 Å². The average molecular weight is 773 g/mol. The van der Waals surface area contributed by atoms with Crippen LogP contribution in [0.3, 0.4) is 0 Å². The first kappa shape index (κ1) is 42.1. The maximum absolute atomic E-state index is 15.1. The van der Waals surface area contributed by atoms with Crippen LogP contribution in [0, 0.1) is 0 Å². The standard InChI is InChI=1S/C15H21FN6O3.C11H13ClFN5O3.C4H9N.2CH4/c1-15(16)10(24)8(5-23)25-13(15)22-6-18-9-11(21(2)7-3-4-7)19-14(17)20-12(9)22;1-11(13)6(20)4(2-19)21-9(11)18-3-15-5-7(12)16-10(14)17-8(5)18;1-5-4-2-3-4;;/h6-8,10,13,23-24H,3-5H2,1-2H3,(H2,17,19,20);3-4,6,9,19-20H,2H2,1H3,(H2,14,16,17);4-5H,2-3H2,1H3;2*1H4/t8-,10-,13-,15-;4-,6-,9-,11-;;;/m11.../s1. The molecule has 6 heterocycles. The van der Waals surface area contributed by atoms with Gasteiger partial charge < -0.3 is 51.6 Å². The molecule has 0 unspecified atom stereocenters. The van der Waals surface area contributed by atoms with Gasteiger partial charge in [-0.2, -0.15) is 19.9 Å². The van der Waals surface area contributed by atoms with Gasteiger partial charge in [0, 0.05) is 19.1 Å². The molecule has 8 rings (SSSR count).